The van der Waals surface area contributed by atoms with Crippen LogP contribution in [0.25, 0.3) is 0 Å². The third-order valence-electron chi connectivity index (χ3n) is 8.10. The standard InChI is InChI=1S/C30H46N5O4/c1-32-26(20-23-13-6-3-7-14-23)28(37)34-25(15-8-9-17-31)30(39)35-18-10-16-27(35)29(38)33-24(21-36)19-22-11-4-2-5-12-22/h3,6-7,13-14,22,24-27,32H,2,4-5,8-12,15-20,31H2,1H3,(H,33,38)(H,34,37)/t24-,25+,26+,27+/m1/s1. The zero-order valence-corrected chi connectivity index (χ0v) is 23.3. The van der Waals surface area contributed by atoms with Gasteiger partial charge in [0.05, 0.1) is 12.1 Å². The number of likely N-dealkylation sites (tertiary alicyclic amines) is 1. The second kappa shape index (κ2) is 16.4. The molecule has 1 saturated carbocycles. The van der Waals surface area contributed by atoms with Crippen LogP contribution < -0.4 is 21.7 Å². The summed E-state index contributed by atoms with van der Waals surface area (Å²) in [5.41, 5.74) is 6.70. The van der Waals surface area contributed by atoms with Gasteiger partial charge in [0, 0.05) is 6.54 Å². The minimum Gasteiger partial charge on any atom is -0.344 e. The van der Waals surface area contributed by atoms with Crippen LogP contribution >= 0.6 is 0 Å². The van der Waals surface area contributed by atoms with Crippen LogP contribution in [0.5, 0.6) is 0 Å². The predicted octanol–water partition coefficient (Wildman–Crippen LogP) is 1.99. The molecule has 9 nitrogen and oxygen atoms in total. The van der Waals surface area contributed by atoms with E-state index in [4.69, 9.17) is 5.73 Å². The summed E-state index contributed by atoms with van der Waals surface area (Å²) in [6, 6.07) is 7.15. The number of nitrogens with zero attached hydrogens (tertiary/aromatic N) is 1. The van der Waals surface area contributed by atoms with Crippen molar-refractivity contribution < 1.29 is 19.2 Å². The average Bonchev–Trinajstić information content (AvgIpc) is 3.46. The summed E-state index contributed by atoms with van der Waals surface area (Å²) in [5, 5.41) is 8.88. The van der Waals surface area contributed by atoms with Gasteiger partial charge >= 0.3 is 0 Å². The second-order valence-corrected chi connectivity index (χ2v) is 11.0. The third kappa shape index (κ3) is 9.42. The topological polar surface area (TPSA) is 134 Å². The number of nitrogens with two attached hydrogens (primary N) is 1. The quantitative estimate of drug-likeness (QED) is 0.252. The molecule has 5 N–H and O–H groups in total. The van der Waals surface area contributed by atoms with Crippen molar-refractivity contribution in [3.63, 3.8) is 0 Å². The van der Waals surface area contributed by atoms with Crippen molar-refractivity contribution >= 4 is 24.0 Å². The molecular formula is C30H46N5O4. The van der Waals surface area contributed by atoms with Crippen LogP contribution in [0.2, 0.25) is 0 Å². The van der Waals surface area contributed by atoms with E-state index in [1.165, 1.54) is 6.42 Å². The van der Waals surface area contributed by atoms with Gasteiger partial charge in [-0.05, 0) is 70.0 Å². The summed E-state index contributed by atoms with van der Waals surface area (Å²) in [4.78, 5) is 53.4. The van der Waals surface area contributed by atoms with Crippen molar-refractivity contribution in [2.75, 3.05) is 20.1 Å². The molecule has 0 bridgehead atoms. The van der Waals surface area contributed by atoms with Gasteiger partial charge in [-0.2, -0.15) is 0 Å². The number of carbonyl (C=O) groups is 3. The zero-order valence-electron chi connectivity index (χ0n) is 23.3. The summed E-state index contributed by atoms with van der Waals surface area (Å²) in [6.07, 6.45) is 11.9. The number of hydrogen-bond acceptors (Lipinski definition) is 6. The van der Waals surface area contributed by atoms with Gasteiger partial charge in [0.2, 0.25) is 24.0 Å². The van der Waals surface area contributed by atoms with E-state index in [-0.39, 0.29) is 17.7 Å². The minimum atomic E-state index is -0.750. The fourth-order valence-corrected chi connectivity index (χ4v) is 5.86. The van der Waals surface area contributed by atoms with Gasteiger partial charge in [-0.3, -0.25) is 19.2 Å². The molecule has 0 spiro atoms. The van der Waals surface area contributed by atoms with Crippen molar-refractivity contribution in [1.29, 1.82) is 0 Å². The Labute approximate surface area is 233 Å². The first-order valence-electron chi connectivity index (χ1n) is 14.7. The molecule has 1 aliphatic carbocycles. The van der Waals surface area contributed by atoms with E-state index in [1.807, 2.05) is 36.6 Å². The van der Waals surface area contributed by atoms with Gasteiger partial charge in [0.1, 0.15) is 12.1 Å². The fraction of sp³-hybridized carbons (Fsp3) is 0.667. The summed E-state index contributed by atoms with van der Waals surface area (Å²) >= 11 is 0. The van der Waals surface area contributed by atoms with E-state index in [2.05, 4.69) is 16.0 Å². The highest BCUT2D eigenvalue weighted by Gasteiger charge is 2.38. The molecule has 4 atom stereocenters. The van der Waals surface area contributed by atoms with Crippen molar-refractivity contribution in [3.05, 3.63) is 35.9 Å². The number of unbranched alkanes of at least 4 members (excludes halogenated alkanes) is 1. The Kier molecular flexibility index (Phi) is 12.9. The molecule has 39 heavy (non-hydrogen) atoms. The molecule has 2 aliphatic rings. The van der Waals surface area contributed by atoms with Crippen molar-refractivity contribution in [2.45, 2.75) is 101 Å². The molecule has 3 amide bonds. The minimum absolute atomic E-state index is 0.254. The highest BCUT2D eigenvalue weighted by molar-refractivity contribution is 5.94. The number of carbonyl (C=O) groups excluding carboxylic acids is 4. The van der Waals surface area contributed by atoms with Gasteiger partial charge in [0.25, 0.3) is 0 Å². The monoisotopic (exact) mass is 540 g/mol. The van der Waals surface area contributed by atoms with E-state index in [9.17, 15) is 19.2 Å². The summed E-state index contributed by atoms with van der Waals surface area (Å²) < 4.78 is 0. The molecule has 1 radical (unpaired) electrons. The fourth-order valence-electron chi connectivity index (χ4n) is 5.86. The molecule has 3 rings (SSSR count). The zero-order chi connectivity index (χ0) is 28.0. The molecule has 0 aromatic heterocycles. The van der Waals surface area contributed by atoms with Crippen LogP contribution in [0.1, 0.15) is 76.2 Å². The Bertz CT molecular complexity index is 921. The van der Waals surface area contributed by atoms with E-state index in [1.54, 1.807) is 11.9 Å². The molecule has 2 fully saturated rings. The molecular weight excluding hydrogens is 494 g/mol. The lowest BCUT2D eigenvalue weighted by Crippen LogP contribution is -2.57. The summed E-state index contributed by atoms with van der Waals surface area (Å²) in [6.45, 7) is 0.944. The van der Waals surface area contributed by atoms with Crippen LogP contribution in [-0.4, -0.2) is 73.2 Å². The Balaban J connectivity index is 1.65. The van der Waals surface area contributed by atoms with Crippen LogP contribution in [-0.2, 0) is 25.6 Å². The third-order valence-corrected chi connectivity index (χ3v) is 8.10. The number of benzene rings is 1. The number of rotatable bonds is 15. The molecule has 1 saturated heterocycles. The molecule has 1 aromatic carbocycles. The Morgan fingerprint density at radius 3 is 2.41 bits per heavy atom. The number of likely N-dealkylation sites (N-methyl/N-ethyl adjacent to an activating group) is 1. The Morgan fingerprint density at radius 1 is 1.00 bits per heavy atom. The highest BCUT2D eigenvalue weighted by Crippen LogP contribution is 2.27. The predicted molar refractivity (Wildman–Crippen MR) is 151 cm³/mol. The first kappa shape index (κ1) is 30.8. The Hall–Kier alpha value is -2.78. The molecule has 0 unspecified atom stereocenters. The number of amides is 3. The number of hydrogen-bond donors (Lipinski definition) is 4. The maximum absolute atomic E-state index is 13.7. The van der Waals surface area contributed by atoms with E-state index in [0.29, 0.717) is 57.5 Å². The van der Waals surface area contributed by atoms with Crippen molar-refractivity contribution in [1.82, 2.24) is 20.9 Å². The maximum atomic E-state index is 13.7. The average molecular weight is 541 g/mol. The first-order chi connectivity index (χ1) is 19.0. The van der Waals surface area contributed by atoms with Crippen LogP contribution in [0.3, 0.4) is 0 Å². The smallest absolute Gasteiger partial charge is 0.245 e. The number of nitrogens with one attached hydrogen (secondary N) is 3. The second-order valence-electron chi connectivity index (χ2n) is 11.0. The molecule has 215 valence electrons. The molecule has 1 aromatic rings. The molecule has 9 heteroatoms. The molecule has 1 aliphatic heterocycles. The van der Waals surface area contributed by atoms with Crippen LogP contribution in [0.4, 0.5) is 0 Å². The maximum Gasteiger partial charge on any atom is 0.245 e. The summed E-state index contributed by atoms with van der Waals surface area (Å²) in [7, 11) is 1.73. The van der Waals surface area contributed by atoms with Crippen molar-refractivity contribution in [3.8, 4) is 0 Å². The van der Waals surface area contributed by atoms with Gasteiger partial charge in [0.15, 0.2) is 0 Å². The van der Waals surface area contributed by atoms with Crippen molar-refractivity contribution in [2.24, 2.45) is 11.7 Å². The van der Waals surface area contributed by atoms with Crippen LogP contribution in [0.15, 0.2) is 30.3 Å². The largest absolute Gasteiger partial charge is 0.344 e. The van der Waals surface area contributed by atoms with Crippen LogP contribution in [0, 0.1) is 5.92 Å². The van der Waals surface area contributed by atoms with E-state index in [0.717, 1.165) is 37.7 Å². The van der Waals surface area contributed by atoms with Gasteiger partial charge in [-0.25, -0.2) is 0 Å². The highest BCUT2D eigenvalue weighted by atomic mass is 16.2. The lowest BCUT2D eigenvalue weighted by atomic mass is 9.85. The summed E-state index contributed by atoms with van der Waals surface area (Å²) in [5.74, 6) is -0.401. The van der Waals surface area contributed by atoms with Gasteiger partial charge in [-0.1, -0.05) is 62.4 Å². The lowest BCUT2D eigenvalue weighted by Gasteiger charge is -2.31. The van der Waals surface area contributed by atoms with Gasteiger partial charge in [-0.15, -0.1) is 0 Å². The van der Waals surface area contributed by atoms with Gasteiger partial charge < -0.3 is 26.6 Å². The first-order valence-corrected chi connectivity index (χ1v) is 14.7. The SMILES string of the molecule is CN[C@@H](Cc1ccccc1)C(=O)N[C@@H](CCCCN)C(=O)N1CCC[C@H]1C(=O)N[C@@H]([C]=O)CC1CCCCC1. The normalized spacial score (nSPS) is 20.2. The van der Waals surface area contributed by atoms with E-state index < -0.39 is 24.2 Å². The molecule has 1 heterocycles. The Morgan fingerprint density at radius 2 is 1.74 bits per heavy atom. The lowest BCUT2D eigenvalue weighted by molar-refractivity contribution is -0.142. The van der Waals surface area contributed by atoms with E-state index >= 15 is 0 Å².